The van der Waals surface area contributed by atoms with E-state index >= 15 is 0 Å². The van der Waals surface area contributed by atoms with Crippen LogP contribution >= 0.6 is 36.2 Å². The molecule has 3 aliphatic rings. The van der Waals surface area contributed by atoms with Crippen LogP contribution in [0.5, 0.6) is 0 Å². The molecule has 0 aliphatic carbocycles. The van der Waals surface area contributed by atoms with E-state index in [-0.39, 0.29) is 37.5 Å². The third-order valence-electron chi connectivity index (χ3n) is 5.37. The highest BCUT2D eigenvalue weighted by Crippen LogP contribution is 2.34. The molecule has 3 saturated heterocycles. The fourth-order valence-corrected chi connectivity index (χ4v) is 4.60. The molecule has 5 rings (SSSR count). The van der Waals surface area contributed by atoms with Gasteiger partial charge in [0.25, 0.3) is 0 Å². The van der Waals surface area contributed by atoms with Gasteiger partial charge in [-0.1, -0.05) is 0 Å². The third-order valence-corrected chi connectivity index (χ3v) is 6.05. The number of aliphatic hydroxyl groups excluding tert-OH is 1. The predicted molar refractivity (Wildman–Crippen MR) is 104 cm³/mol. The van der Waals surface area contributed by atoms with E-state index in [4.69, 9.17) is 4.74 Å². The molecule has 144 valence electrons. The summed E-state index contributed by atoms with van der Waals surface area (Å²) in [6.07, 6.45) is 6.93. The summed E-state index contributed by atoms with van der Waals surface area (Å²) in [5.41, 5.74) is -0.526. The van der Waals surface area contributed by atoms with Crippen molar-refractivity contribution in [2.24, 2.45) is 5.92 Å². The maximum absolute atomic E-state index is 13.2. The van der Waals surface area contributed by atoms with Crippen LogP contribution in [0, 0.1) is 5.92 Å². The first-order chi connectivity index (χ1) is 11.7. The summed E-state index contributed by atoms with van der Waals surface area (Å²) >= 11 is 1.49. The first-order valence-corrected chi connectivity index (χ1v) is 9.24. The molecule has 26 heavy (non-hydrogen) atoms. The molecule has 3 aliphatic heterocycles. The van der Waals surface area contributed by atoms with Crippen molar-refractivity contribution in [1.29, 1.82) is 0 Å². The Hall–Kier alpha value is -1.12. The molecule has 0 spiro atoms. The van der Waals surface area contributed by atoms with Crippen LogP contribution in [-0.2, 0) is 15.1 Å². The Morgan fingerprint density at radius 1 is 1.38 bits per heavy atom. The summed E-state index contributed by atoms with van der Waals surface area (Å²) in [6, 6.07) is 1.86. The molecule has 2 bridgehead atoms. The lowest BCUT2D eigenvalue weighted by Crippen LogP contribution is -2.55. The van der Waals surface area contributed by atoms with Gasteiger partial charge < -0.3 is 14.4 Å². The second-order valence-corrected chi connectivity index (χ2v) is 7.36. The highest BCUT2D eigenvalue weighted by molar-refractivity contribution is 7.08. The molecule has 9 heteroatoms. The van der Waals surface area contributed by atoms with Crippen molar-refractivity contribution in [2.45, 2.75) is 24.5 Å². The van der Waals surface area contributed by atoms with Crippen molar-refractivity contribution in [3.63, 3.8) is 0 Å². The minimum Gasteiger partial charge on any atom is -0.459 e. The number of nitrogens with zero attached hydrogens (tertiary/aromatic N) is 3. The molecule has 2 atom stereocenters. The number of imidazole rings is 1. The zero-order chi connectivity index (χ0) is 16.6. The highest BCUT2D eigenvalue weighted by Gasteiger charge is 2.46. The topological polar surface area (TPSA) is 67.6 Å². The Morgan fingerprint density at radius 2 is 2.15 bits per heavy atom. The fourth-order valence-electron chi connectivity index (χ4n) is 3.87. The number of halogens is 2. The van der Waals surface area contributed by atoms with Crippen molar-refractivity contribution in [2.75, 3.05) is 26.2 Å². The lowest BCUT2D eigenvalue weighted by Gasteiger charge is -2.45. The number of rotatable bonds is 5. The summed E-state index contributed by atoms with van der Waals surface area (Å²) in [7, 11) is 0. The van der Waals surface area contributed by atoms with Crippen molar-refractivity contribution in [3.8, 4) is 0 Å². The van der Waals surface area contributed by atoms with Gasteiger partial charge in [0, 0.05) is 24.5 Å². The molecular formula is C17H23Cl2N3O3S. The maximum atomic E-state index is 13.2. The number of aliphatic hydroxyl groups is 1. The number of hydrogen-bond acceptors (Lipinski definition) is 6. The molecule has 1 N–H and O–H groups in total. The van der Waals surface area contributed by atoms with Crippen LogP contribution in [-0.4, -0.2) is 57.9 Å². The van der Waals surface area contributed by atoms with E-state index < -0.39 is 11.5 Å². The summed E-state index contributed by atoms with van der Waals surface area (Å²) in [6.45, 7) is 2.62. The van der Waals surface area contributed by atoms with E-state index in [2.05, 4.69) is 9.88 Å². The average Bonchev–Trinajstić information content (AvgIpc) is 3.32. The Labute approximate surface area is 169 Å². The first kappa shape index (κ1) is 21.2. The van der Waals surface area contributed by atoms with Gasteiger partial charge >= 0.3 is 5.97 Å². The van der Waals surface area contributed by atoms with E-state index in [1.807, 2.05) is 16.8 Å². The van der Waals surface area contributed by atoms with E-state index in [1.165, 1.54) is 11.3 Å². The molecule has 2 aromatic heterocycles. The fraction of sp³-hybridized carbons (Fsp3) is 0.529. The van der Waals surface area contributed by atoms with Gasteiger partial charge in [0.1, 0.15) is 6.10 Å². The minimum absolute atomic E-state index is 0. The number of carbonyl (C=O) groups excluding carboxylic acids is 1. The lowest BCUT2D eigenvalue weighted by molar-refractivity contribution is -0.169. The second kappa shape index (κ2) is 8.71. The van der Waals surface area contributed by atoms with E-state index in [0.29, 0.717) is 5.92 Å². The van der Waals surface area contributed by atoms with Crippen LogP contribution in [0.25, 0.3) is 0 Å². The predicted octanol–water partition coefficient (Wildman–Crippen LogP) is 2.16. The Bertz CT molecular complexity index is 654. The average molecular weight is 420 g/mol. The minimum atomic E-state index is -1.26. The highest BCUT2D eigenvalue weighted by atomic mass is 35.5. The Kier molecular flexibility index (Phi) is 7.10. The molecule has 5 heterocycles. The molecule has 0 saturated carbocycles. The maximum Gasteiger partial charge on any atom is 0.339 e. The number of aromatic nitrogens is 2. The number of carbonyl (C=O) groups is 1. The van der Waals surface area contributed by atoms with E-state index in [9.17, 15) is 9.90 Å². The molecule has 0 amide bonds. The van der Waals surface area contributed by atoms with Crippen LogP contribution in [0.2, 0.25) is 0 Å². The number of ether oxygens (including phenoxy) is 1. The number of piperidine rings is 3. The monoisotopic (exact) mass is 419 g/mol. The van der Waals surface area contributed by atoms with Crippen molar-refractivity contribution < 1.29 is 14.6 Å². The van der Waals surface area contributed by atoms with Gasteiger partial charge in [-0.2, -0.15) is 11.3 Å². The van der Waals surface area contributed by atoms with Gasteiger partial charge in [0.15, 0.2) is 5.54 Å². The Balaban J connectivity index is 0.00000121. The SMILES string of the molecule is Cl.Cl.O=C(OC1CN2CCC1CC2)C(CO)(c1ccsc1)n1ccnc1. The summed E-state index contributed by atoms with van der Waals surface area (Å²) in [5, 5.41) is 14.0. The van der Waals surface area contributed by atoms with Crippen LogP contribution < -0.4 is 0 Å². The Morgan fingerprint density at radius 3 is 2.65 bits per heavy atom. The van der Waals surface area contributed by atoms with Crippen LogP contribution in [0.15, 0.2) is 35.5 Å². The van der Waals surface area contributed by atoms with Gasteiger partial charge in [-0.15, -0.1) is 24.8 Å². The molecule has 3 fully saturated rings. The number of thiophene rings is 1. The first-order valence-electron chi connectivity index (χ1n) is 8.29. The number of hydrogen-bond donors (Lipinski definition) is 1. The smallest absolute Gasteiger partial charge is 0.339 e. The lowest BCUT2D eigenvalue weighted by atomic mass is 9.85. The zero-order valence-electron chi connectivity index (χ0n) is 14.2. The van der Waals surface area contributed by atoms with Gasteiger partial charge in [-0.3, -0.25) is 4.90 Å². The van der Waals surface area contributed by atoms with Gasteiger partial charge in [-0.05, 0) is 48.7 Å². The molecule has 2 aromatic rings. The van der Waals surface area contributed by atoms with Crippen LogP contribution in [0.1, 0.15) is 18.4 Å². The van der Waals surface area contributed by atoms with Crippen LogP contribution in [0.4, 0.5) is 0 Å². The molecular weight excluding hydrogens is 397 g/mol. The number of esters is 1. The standard InChI is InChI=1S/C17H21N3O3S.2ClH/c21-11-17(14-3-8-24-10-14,20-7-4-18-12-20)16(22)23-15-9-19-5-1-13(15)2-6-19;;/h3-4,7-8,10,12-13,15,21H,1-2,5-6,9,11H2;2*1H. The van der Waals surface area contributed by atoms with Gasteiger partial charge in [0.2, 0.25) is 0 Å². The van der Waals surface area contributed by atoms with Gasteiger partial charge in [0.05, 0.1) is 12.9 Å². The summed E-state index contributed by atoms with van der Waals surface area (Å²) in [4.78, 5) is 19.6. The van der Waals surface area contributed by atoms with Gasteiger partial charge in [-0.25, -0.2) is 9.78 Å². The van der Waals surface area contributed by atoms with E-state index in [0.717, 1.165) is 38.0 Å². The summed E-state index contributed by atoms with van der Waals surface area (Å²) < 4.78 is 7.60. The van der Waals surface area contributed by atoms with E-state index in [1.54, 1.807) is 23.3 Å². The van der Waals surface area contributed by atoms with Crippen molar-refractivity contribution in [3.05, 3.63) is 41.1 Å². The number of fused-ring (bicyclic) bond motifs is 3. The molecule has 0 aromatic carbocycles. The summed E-state index contributed by atoms with van der Waals surface area (Å²) in [5.74, 6) is 0.0285. The van der Waals surface area contributed by atoms with Crippen molar-refractivity contribution >= 4 is 42.1 Å². The largest absolute Gasteiger partial charge is 0.459 e. The van der Waals surface area contributed by atoms with Crippen molar-refractivity contribution in [1.82, 2.24) is 14.5 Å². The zero-order valence-corrected chi connectivity index (χ0v) is 16.6. The molecule has 2 unspecified atom stereocenters. The molecule has 6 nitrogen and oxygen atoms in total. The third kappa shape index (κ3) is 3.51. The quantitative estimate of drug-likeness (QED) is 0.751. The molecule has 0 radical (unpaired) electrons. The second-order valence-electron chi connectivity index (χ2n) is 6.58. The van der Waals surface area contributed by atoms with Crippen LogP contribution in [0.3, 0.4) is 0 Å². The normalized spacial score (nSPS) is 26.3.